The predicted octanol–water partition coefficient (Wildman–Crippen LogP) is 1.41. The number of furan rings is 1. The third-order valence-corrected chi connectivity index (χ3v) is 4.31. The number of H-pyrrole nitrogens is 1. The van der Waals surface area contributed by atoms with E-state index in [1.165, 1.54) is 6.07 Å². The zero-order valence-electron chi connectivity index (χ0n) is 13.3. The van der Waals surface area contributed by atoms with Gasteiger partial charge in [0.25, 0.3) is 5.91 Å². The number of nitrogens with two attached hydrogens (primary N) is 1. The fraction of sp³-hybridized carbons (Fsp3) is 0.412. The highest BCUT2D eigenvalue weighted by molar-refractivity contribution is 5.94. The molecule has 1 aliphatic heterocycles. The maximum Gasteiger partial charge on any atom is 0.254 e. The molecule has 0 bridgehead atoms. The molecular weight excluding hydrogens is 294 g/mol. The number of nitrogens with one attached hydrogen (secondary N) is 1. The van der Waals surface area contributed by atoms with Gasteiger partial charge in [-0.05, 0) is 31.5 Å². The maximum absolute atomic E-state index is 12.7. The van der Waals surface area contributed by atoms with Crippen molar-refractivity contribution in [3.63, 3.8) is 0 Å². The number of hydrogen-bond acceptors (Lipinski definition) is 4. The van der Waals surface area contributed by atoms with Crippen molar-refractivity contribution in [3.05, 3.63) is 57.4 Å². The monoisotopic (exact) mass is 315 g/mol. The zero-order chi connectivity index (χ0) is 16.6. The molecular formula is C17H21N3O3. The lowest BCUT2D eigenvalue weighted by atomic mass is 10.0. The number of pyridine rings is 1. The standard InChI is InChI=1S/C17H21N3O3/c1-3-12-6-11(7-16(21)19-12)17(22)20-8-13(14(18)9-20)15-5-4-10(2)23-15/h4-7,13-14H,3,8-9,18H2,1-2H3,(H,19,21)/t13-,14-/m0/s1. The second-order valence-electron chi connectivity index (χ2n) is 6.04. The van der Waals surface area contributed by atoms with Crippen LogP contribution < -0.4 is 11.3 Å². The lowest BCUT2D eigenvalue weighted by Gasteiger charge is -2.16. The van der Waals surface area contributed by atoms with E-state index in [0.717, 1.165) is 17.2 Å². The normalized spacial score (nSPS) is 20.9. The Morgan fingerprint density at radius 1 is 1.39 bits per heavy atom. The summed E-state index contributed by atoms with van der Waals surface area (Å²) in [5.74, 6) is 1.47. The van der Waals surface area contributed by atoms with Gasteiger partial charge in [0, 0.05) is 36.5 Å². The second-order valence-corrected chi connectivity index (χ2v) is 6.04. The van der Waals surface area contributed by atoms with Crippen LogP contribution in [-0.4, -0.2) is 34.9 Å². The minimum atomic E-state index is -0.255. The Bertz CT molecular complexity index is 777. The number of amides is 1. The second kappa shape index (κ2) is 6.04. The number of rotatable bonds is 3. The molecule has 0 unspecified atom stereocenters. The van der Waals surface area contributed by atoms with E-state index < -0.39 is 0 Å². The number of likely N-dealkylation sites (tertiary alicyclic amines) is 1. The third kappa shape index (κ3) is 3.07. The molecule has 2 atom stereocenters. The summed E-state index contributed by atoms with van der Waals surface area (Å²) in [5, 5.41) is 0. The Kier molecular flexibility index (Phi) is 4.09. The highest BCUT2D eigenvalue weighted by Crippen LogP contribution is 2.28. The summed E-state index contributed by atoms with van der Waals surface area (Å²) in [6.45, 7) is 4.77. The van der Waals surface area contributed by atoms with E-state index in [1.807, 2.05) is 26.0 Å². The lowest BCUT2D eigenvalue weighted by molar-refractivity contribution is 0.0788. The Balaban J connectivity index is 1.81. The average Bonchev–Trinajstić information content (AvgIpc) is 3.11. The Labute approximate surface area is 134 Å². The first-order valence-electron chi connectivity index (χ1n) is 7.82. The summed E-state index contributed by atoms with van der Waals surface area (Å²) in [4.78, 5) is 28.8. The number of aryl methyl sites for hydroxylation is 2. The molecule has 0 radical (unpaired) electrons. The summed E-state index contributed by atoms with van der Waals surface area (Å²) in [7, 11) is 0. The van der Waals surface area contributed by atoms with Gasteiger partial charge in [0.15, 0.2) is 0 Å². The molecule has 122 valence electrons. The average molecular weight is 315 g/mol. The van der Waals surface area contributed by atoms with Crippen LogP contribution in [0.5, 0.6) is 0 Å². The molecule has 0 aliphatic carbocycles. The Morgan fingerprint density at radius 2 is 2.17 bits per heavy atom. The molecule has 0 spiro atoms. The van der Waals surface area contributed by atoms with E-state index >= 15 is 0 Å². The van der Waals surface area contributed by atoms with Gasteiger partial charge in [0.05, 0.1) is 5.92 Å². The summed E-state index contributed by atoms with van der Waals surface area (Å²) < 4.78 is 5.65. The van der Waals surface area contributed by atoms with Crippen LogP contribution in [0.25, 0.3) is 0 Å². The van der Waals surface area contributed by atoms with Crippen LogP contribution >= 0.6 is 0 Å². The van der Waals surface area contributed by atoms with Crippen LogP contribution in [-0.2, 0) is 6.42 Å². The van der Waals surface area contributed by atoms with Crippen LogP contribution in [0.4, 0.5) is 0 Å². The van der Waals surface area contributed by atoms with E-state index in [2.05, 4.69) is 4.98 Å². The number of hydrogen-bond donors (Lipinski definition) is 2. The molecule has 1 amide bonds. The Morgan fingerprint density at radius 3 is 2.83 bits per heavy atom. The fourth-order valence-corrected chi connectivity index (χ4v) is 3.05. The van der Waals surface area contributed by atoms with Crippen LogP contribution in [0.1, 0.15) is 40.4 Å². The van der Waals surface area contributed by atoms with Crippen LogP contribution in [0.3, 0.4) is 0 Å². The van der Waals surface area contributed by atoms with Gasteiger partial charge in [-0.15, -0.1) is 0 Å². The quantitative estimate of drug-likeness (QED) is 0.895. The molecule has 1 aliphatic rings. The number of carbonyl (C=O) groups excluding carboxylic acids is 1. The third-order valence-electron chi connectivity index (χ3n) is 4.31. The lowest BCUT2D eigenvalue weighted by Crippen LogP contribution is -2.32. The number of aromatic nitrogens is 1. The number of carbonyl (C=O) groups is 1. The molecule has 1 saturated heterocycles. The highest BCUT2D eigenvalue weighted by atomic mass is 16.3. The van der Waals surface area contributed by atoms with E-state index in [1.54, 1.807) is 11.0 Å². The van der Waals surface area contributed by atoms with Gasteiger partial charge in [-0.25, -0.2) is 0 Å². The first-order chi connectivity index (χ1) is 11.0. The van der Waals surface area contributed by atoms with E-state index in [0.29, 0.717) is 25.1 Å². The fourth-order valence-electron chi connectivity index (χ4n) is 3.05. The van der Waals surface area contributed by atoms with Gasteiger partial charge < -0.3 is 20.0 Å². The summed E-state index contributed by atoms with van der Waals surface area (Å²) in [6, 6.07) is 6.72. The van der Waals surface area contributed by atoms with Crippen molar-refractivity contribution in [1.82, 2.24) is 9.88 Å². The minimum absolute atomic E-state index is 0.0136. The zero-order valence-corrected chi connectivity index (χ0v) is 13.3. The SMILES string of the molecule is CCc1cc(C(=O)N2C[C@H](c3ccc(C)o3)[C@@H](N)C2)cc(=O)[nH]1. The molecule has 3 heterocycles. The van der Waals surface area contributed by atoms with Gasteiger partial charge in [0.2, 0.25) is 5.56 Å². The van der Waals surface area contributed by atoms with Crippen LogP contribution in [0.2, 0.25) is 0 Å². The minimum Gasteiger partial charge on any atom is -0.466 e. The molecule has 0 aromatic carbocycles. The van der Waals surface area contributed by atoms with Gasteiger partial charge in [-0.2, -0.15) is 0 Å². The summed E-state index contributed by atoms with van der Waals surface area (Å²) >= 11 is 0. The first-order valence-corrected chi connectivity index (χ1v) is 7.82. The van der Waals surface area contributed by atoms with Gasteiger partial charge >= 0.3 is 0 Å². The summed E-state index contributed by atoms with van der Waals surface area (Å²) in [5.41, 5.74) is 7.10. The molecule has 3 rings (SSSR count). The van der Waals surface area contributed by atoms with Crippen molar-refractivity contribution in [3.8, 4) is 0 Å². The molecule has 6 heteroatoms. The van der Waals surface area contributed by atoms with Crippen molar-refractivity contribution in [2.45, 2.75) is 32.2 Å². The molecule has 0 saturated carbocycles. The smallest absolute Gasteiger partial charge is 0.254 e. The molecule has 2 aromatic rings. The molecule has 2 aromatic heterocycles. The maximum atomic E-state index is 12.7. The molecule has 1 fully saturated rings. The first kappa shape index (κ1) is 15.6. The number of aromatic amines is 1. The molecule has 23 heavy (non-hydrogen) atoms. The molecule has 3 N–H and O–H groups in total. The Hall–Kier alpha value is -2.34. The van der Waals surface area contributed by atoms with Crippen molar-refractivity contribution < 1.29 is 9.21 Å². The van der Waals surface area contributed by atoms with Crippen LogP contribution in [0.15, 0.2) is 33.5 Å². The van der Waals surface area contributed by atoms with Crippen molar-refractivity contribution in [2.24, 2.45) is 5.73 Å². The van der Waals surface area contributed by atoms with Crippen molar-refractivity contribution in [2.75, 3.05) is 13.1 Å². The van der Waals surface area contributed by atoms with Crippen LogP contribution in [0, 0.1) is 6.92 Å². The van der Waals surface area contributed by atoms with E-state index in [9.17, 15) is 9.59 Å². The number of nitrogens with zero attached hydrogens (tertiary/aromatic N) is 1. The van der Waals surface area contributed by atoms with E-state index in [-0.39, 0.29) is 23.4 Å². The molecule has 6 nitrogen and oxygen atoms in total. The van der Waals surface area contributed by atoms with Crippen molar-refractivity contribution >= 4 is 5.91 Å². The predicted molar refractivity (Wildman–Crippen MR) is 86.5 cm³/mol. The largest absolute Gasteiger partial charge is 0.466 e. The van der Waals surface area contributed by atoms with Gasteiger partial charge in [-0.3, -0.25) is 9.59 Å². The summed E-state index contributed by atoms with van der Waals surface area (Å²) in [6.07, 6.45) is 0.671. The van der Waals surface area contributed by atoms with Crippen molar-refractivity contribution in [1.29, 1.82) is 0 Å². The van der Waals surface area contributed by atoms with E-state index in [4.69, 9.17) is 10.2 Å². The van der Waals surface area contributed by atoms with Gasteiger partial charge in [-0.1, -0.05) is 6.92 Å². The van der Waals surface area contributed by atoms with Gasteiger partial charge in [0.1, 0.15) is 11.5 Å². The topological polar surface area (TPSA) is 92.3 Å². The highest BCUT2D eigenvalue weighted by Gasteiger charge is 2.36.